The smallest absolute Gasteiger partial charge is 0.272 e. The third kappa shape index (κ3) is 3.27. The third-order valence-corrected chi connectivity index (χ3v) is 5.28. The summed E-state index contributed by atoms with van der Waals surface area (Å²) >= 11 is 5.90. The van der Waals surface area contributed by atoms with Crippen molar-refractivity contribution in [2.24, 2.45) is 16.3 Å². The van der Waals surface area contributed by atoms with Crippen LogP contribution in [0.3, 0.4) is 0 Å². The van der Waals surface area contributed by atoms with Crippen molar-refractivity contribution in [3.05, 3.63) is 34.6 Å². The molecule has 1 spiro atoms. The number of aliphatic imine (C=N–C) groups is 1. The molecule has 0 atom stereocenters. The number of nitrogens with zero attached hydrogens (tertiary/aromatic N) is 1. The van der Waals surface area contributed by atoms with Gasteiger partial charge in [-0.15, -0.1) is 0 Å². The monoisotopic (exact) mass is 336 g/mol. The van der Waals surface area contributed by atoms with E-state index in [-0.39, 0.29) is 16.3 Å². The quantitative estimate of drug-likeness (QED) is 0.814. The highest BCUT2D eigenvalue weighted by Gasteiger charge is 2.44. The van der Waals surface area contributed by atoms with E-state index in [9.17, 15) is 9.18 Å². The van der Waals surface area contributed by atoms with Gasteiger partial charge in [0.25, 0.3) is 5.91 Å². The van der Waals surface area contributed by atoms with E-state index < -0.39 is 11.5 Å². The van der Waals surface area contributed by atoms with Gasteiger partial charge in [0.1, 0.15) is 17.2 Å². The molecule has 1 aliphatic heterocycles. The summed E-state index contributed by atoms with van der Waals surface area (Å²) < 4.78 is 13.6. The van der Waals surface area contributed by atoms with E-state index in [2.05, 4.69) is 31.1 Å². The van der Waals surface area contributed by atoms with Crippen molar-refractivity contribution in [2.45, 2.75) is 52.1 Å². The fraction of sp³-hybridized carbons (Fsp3) is 0.556. The average molecular weight is 337 g/mol. The van der Waals surface area contributed by atoms with E-state index in [0.717, 1.165) is 25.7 Å². The van der Waals surface area contributed by atoms with Crippen molar-refractivity contribution in [3.8, 4) is 0 Å². The minimum Gasteiger partial charge on any atom is -0.326 e. The third-order valence-electron chi connectivity index (χ3n) is 5.06. The molecule has 1 heterocycles. The van der Waals surface area contributed by atoms with Crippen LogP contribution in [-0.2, 0) is 4.79 Å². The molecule has 5 heteroatoms. The lowest BCUT2D eigenvalue weighted by Crippen LogP contribution is -2.46. The molecule has 1 aliphatic carbocycles. The Hall–Kier alpha value is -1.42. The van der Waals surface area contributed by atoms with Crippen LogP contribution in [0.15, 0.2) is 23.2 Å². The van der Waals surface area contributed by atoms with E-state index in [1.54, 1.807) is 6.07 Å². The first-order chi connectivity index (χ1) is 10.7. The van der Waals surface area contributed by atoms with Gasteiger partial charge in [0.05, 0.1) is 0 Å². The Morgan fingerprint density at radius 2 is 1.91 bits per heavy atom. The Bertz CT molecular complexity index is 650. The Kier molecular flexibility index (Phi) is 3.99. The number of halogens is 2. The second-order valence-electron chi connectivity index (χ2n) is 7.74. The molecule has 3 rings (SSSR count). The minimum absolute atomic E-state index is 0.235. The standard InChI is InChI=1S/C18H22ClFN2O/c1-17(2,3)12-4-6-18(7-5-12)21-15(16(23)22-18)11-8-13(19)10-14(20)9-11/h8-10,12H,4-7H2,1-3H3,(H,22,23). The van der Waals surface area contributed by atoms with E-state index in [4.69, 9.17) is 11.6 Å². The maximum atomic E-state index is 13.6. The summed E-state index contributed by atoms with van der Waals surface area (Å²) in [5, 5.41) is 3.29. The van der Waals surface area contributed by atoms with Crippen molar-refractivity contribution in [1.29, 1.82) is 0 Å². The molecule has 0 unspecified atom stereocenters. The van der Waals surface area contributed by atoms with E-state index in [1.165, 1.54) is 12.1 Å². The zero-order valence-corrected chi connectivity index (χ0v) is 14.5. The van der Waals surface area contributed by atoms with Crippen LogP contribution in [0, 0.1) is 17.2 Å². The lowest BCUT2D eigenvalue weighted by molar-refractivity contribution is -0.115. The number of carbonyl (C=O) groups excluding carboxylic acids is 1. The SMILES string of the molecule is CC(C)(C)C1CCC2(CC1)N=C(c1cc(F)cc(Cl)c1)C(=O)N2. The van der Waals surface area contributed by atoms with Crippen molar-refractivity contribution < 1.29 is 9.18 Å². The fourth-order valence-electron chi connectivity index (χ4n) is 3.65. The van der Waals surface area contributed by atoms with Gasteiger partial charge in [-0.1, -0.05) is 32.4 Å². The second kappa shape index (κ2) is 5.59. The van der Waals surface area contributed by atoms with Gasteiger partial charge >= 0.3 is 0 Å². The summed E-state index contributed by atoms with van der Waals surface area (Å²) in [6, 6.07) is 4.12. The number of hydrogen-bond acceptors (Lipinski definition) is 2. The Morgan fingerprint density at radius 1 is 1.26 bits per heavy atom. The molecular weight excluding hydrogens is 315 g/mol. The van der Waals surface area contributed by atoms with E-state index in [0.29, 0.717) is 17.2 Å². The van der Waals surface area contributed by atoms with Crippen LogP contribution in [0.25, 0.3) is 0 Å². The van der Waals surface area contributed by atoms with Gasteiger partial charge in [0, 0.05) is 10.6 Å². The molecule has 1 amide bonds. The number of carbonyl (C=O) groups is 1. The zero-order valence-electron chi connectivity index (χ0n) is 13.7. The first-order valence-electron chi connectivity index (χ1n) is 8.07. The van der Waals surface area contributed by atoms with Crippen LogP contribution in [0.2, 0.25) is 5.02 Å². The van der Waals surface area contributed by atoms with Crippen molar-refractivity contribution in [3.63, 3.8) is 0 Å². The Balaban J connectivity index is 1.85. The first kappa shape index (κ1) is 16.4. The molecule has 0 radical (unpaired) electrons. The predicted molar refractivity (Wildman–Crippen MR) is 90.2 cm³/mol. The summed E-state index contributed by atoms with van der Waals surface area (Å²) in [5.74, 6) is -0.0610. The summed E-state index contributed by atoms with van der Waals surface area (Å²) in [6.45, 7) is 6.77. The summed E-state index contributed by atoms with van der Waals surface area (Å²) in [6.07, 6.45) is 3.72. The topological polar surface area (TPSA) is 41.5 Å². The molecule has 2 aliphatic rings. The summed E-state index contributed by atoms with van der Waals surface area (Å²) in [7, 11) is 0. The molecule has 124 valence electrons. The van der Waals surface area contributed by atoms with Crippen LogP contribution in [-0.4, -0.2) is 17.3 Å². The summed E-state index contributed by atoms with van der Waals surface area (Å²) in [4.78, 5) is 17.0. The highest BCUT2D eigenvalue weighted by atomic mass is 35.5. The van der Waals surface area contributed by atoms with Gasteiger partial charge in [0.15, 0.2) is 0 Å². The second-order valence-corrected chi connectivity index (χ2v) is 8.18. The molecular formula is C18H22ClFN2O. The highest BCUT2D eigenvalue weighted by molar-refractivity contribution is 6.47. The highest BCUT2D eigenvalue weighted by Crippen LogP contribution is 2.43. The zero-order chi connectivity index (χ0) is 16.8. The fourth-order valence-corrected chi connectivity index (χ4v) is 3.87. The number of benzene rings is 1. The van der Waals surface area contributed by atoms with Crippen molar-refractivity contribution >= 4 is 23.2 Å². The molecule has 1 fully saturated rings. The molecule has 1 aromatic carbocycles. The van der Waals surface area contributed by atoms with Gasteiger partial charge in [-0.2, -0.15) is 0 Å². The lowest BCUT2D eigenvalue weighted by atomic mass is 9.70. The molecule has 0 bridgehead atoms. The van der Waals surface area contributed by atoms with Crippen LogP contribution >= 0.6 is 11.6 Å². The molecule has 23 heavy (non-hydrogen) atoms. The number of hydrogen-bond donors (Lipinski definition) is 1. The first-order valence-corrected chi connectivity index (χ1v) is 8.45. The summed E-state index contributed by atoms with van der Waals surface area (Å²) in [5.41, 5.74) is 0.489. The molecule has 1 N–H and O–H groups in total. The molecule has 1 saturated carbocycles. The number of nitrogens with one attached hydrogen (secondary N) is 1. The molecule has 3 nitrogen and oxygen atoms in total. The minimum atomic E-state index is -0.521. The molecule has 0 saturated heterocycles. The predicted octanol–water partition coefficient (Wildman–Crippen LogP) is 4.33. The van der Waals surface area contributed by atoms with Gasteiger partial charge < -0.3 is 5.32 Å². The Labute approximate surface area is 141 Å². The largest absolute Gasteiger partial charge is 0.326 e. The lowest BCUT2D eigenvalue weighted by Gasteiger charge is -2.40. The van der Waals surface area contributed by atoms with Crippen LogP contribution in [0.4, 0.5) is 4.39 Å². The van der Waals surface area contributed by atoms with E-state index in [1.807, 2.05) is 0 Å². The maximum absolute atomic E-state index is 13.6. The Morgan fingerprint density at radius 3 is 2.48 bits per heavy atom. The van der Waals surface area contributed by atoms with Crippen LogP contribution < -0.4 is 5.32 Å². The normalized spacial score (nSPS) is 28.0. The van der Waals surface area contributed by atoms with Gasteiger partial charge in [0.2, 0.25) is 0 Å². The maximum Gasteiger partial charge on any atom is 0.272 e. The van der Waals surface area contributed by atoms with E-state index >= 15 is 0 Å². The van der Waals surface area contributed by atoms with Crippen molar-refractivity contribution in [2.75, 3.05) is 0 Å². The van der Waals surface area contributed by atoms with Gasteiger partial charge in [-0.3, -0.25) is 9.79 Å². The van der Waals surface area contributed by atoms with Crippen LogP contribution in [0.5, 0.6) is 0 Å². The van der Waals surface area contributed by atoms with Gasteiger partial charge in [-0.05, 0) is 55.2 Å². The van der Waals surface area contributed by atoms with Crippen LogP contribution in [0.1, 0.15) is 52.0 Å². The number of amides is 1. The average Bonchev–Trinajstić information content (AvgIpc) is 2.74. The molecule has 1 aromatic rings. The molecule has 0 aromatic heterocycles. The van der Waals surface area contributed by atoms with Crippen molar-refractivity contribution in [1.82, 2.24) is 5.32 Å². The van der Waals surface area contributed by atoms with Gasteiger partial charge in [-0.25, -0.2) is 4.39 Å². The number of rotatable bonds is 1.